The Balaban J connectivity index is 0.953. The van der Waals surface area contributed by atoms with Crippen LogP contribution in [0.3, 0.4) is 0 Å². The summed E-state index contributed by atoms with van der Waals surface area (Å²) >= 11 is 4.37. The van der Waals surface area contributed by atoms with Crippen molar-refractivity contribution in [2.24, 2.45) is 29.2 Å². The minimum Gasteiger partial charge on any atom is -0.481 e. The molecule has 6 heterocycles. The molecule has 4 aliphatic heterocycles. The van der Waals surface area contributed by atoms with E-state index in [1.54, 1.807) is 71.9 Å². The molecule has 0 spiro atoms. The summed E-state index contributed by atoms with van der Waals surface area (Å²) in [4.78, 5) is 331. The van der Waals surface area contributed by atoms with Gasteiger partial charge in [0.1, 0.15) is 90.6 Å². The zero-order chi connectivity index (χ0) is 103. The zero-order valence-corrected chi connectivity index (χ0v) is 79.4. The summed E-state index contributed by atoms with van der Waals surface area (Å²) in [5.74, 6) is -26.9. The summed E-state index contributed by atoms with van der Waals surface area (Å²) in [5.41, 5.74) is 12.3. The zero-order valence-electron chi connectivity index (χ0n) is 78.5. The number of nitrogens with zero attached hydrogens (tertiary/aromatic N) is 5. The average Bonchev–Trinajstić information content (AvgIpc) is 1.64. The van der Waals surface area contributed by atoms with E-state index < -0.39 is 309 Å². The number of imidazole rings is 2. The van der Waals surface area contributed by atoms with E-state index in [0.29, 0.717) is 42.8 Å². The van der Waals surface area contributed by atoms with Gasteiger partial charge in [-0.15, -0.1) is 0 Å². The second-order valence-corrected chi connectivity index (χ2v) is 35.6. The van der Waals surface area contributed by atoms with Gasteiger partial charge in [0.05, 0.1) is 44.6 Å². The first-order valence-electron chi connectivity index (χ1n) is 46.3. The van der Waals surface area contributed by atoms with Crippen LogP contribution in [-0.4, -0.2) is 333 Å². The van der Waals surface area contributed by atoms with Crippen LogP contribution in [0.4, 0.5) is 0 Å². The Morgan fingerprint density at radius 1 is 0.414 bits per heavy atom. The molecular weight excluding hydrogens is 1860 g/mol. The lowest BCUT2D eigenvalue weighted by Gasteiger charge is -2.33. The van der Waals surface area contributed by atoms with E-state index in [-0.39, 0.29) is 96.0 Å². The minimum atomic E-state index is -2.22. The maximum atomic E-state index is 14.8. The number of carbonyl (C=O) groups excluding carboxylic acids is 19. The number of rotatable bonds is 57. The van der Waals surface area contributed by atoms with Crippen molar-refractivity contribution in [2.75, 3.05) is 45.0 Å². The van der Waals surface area contributed by atoms with Crippen LogP contribution in [0.5, 0.6) is 0 Å². The topological polar surface area (TPSA) is 773 Å². The number of aromatic amines is 2. The van der Waals surface area contributed by atoms with Crippen LogP contribution in [0.25, 0.3) is 0 Å². The molecule has 0 bridgehead atoms. The number of thiol groups is 1. The highest BCUT2D eigenvalue weighted by molar-refractivity contribution is 7.80. The first kappa shape index (κ1) is 113. The van der Waals surface area contributed by atoms with Crippen molar-refractivity contribution in [3.8, 4) is 0 Å². The largest absolute Gasteiger partial charge is 0.481 e. The van der Waals surface area contributed by atoms with E-state index >= 15 is 0 Å². The van der Waals surface area contributed by atoms with E-state index in [9.17, 15) is 131 Å². The van der Waals surface area contributed by atoms with Crippen molar-refractivity contribution >= 4 is 149 Å². The highest BCUT2D eigenvalue weighted by Gasteiger charge is 2.47. The Kier molecular flexibility index (Phi) is 44.6. The number of carboxylic acids is 4. The summed E-state index contributed by atoms with van der Waals surface area (Å²) in [6.45, 7) is 8.43. The first-order chi connectivity index (χ1) is 66.4. The van der Waals surface area contributed by atoms with Gasteiger partial charge in [-0.1, -0.05) is 84.7 Å². The van der Waals surface area contributed by atoms with Crippen molar-refractivity contribution in [1.29, 1.82) is 0 Å². The molecule has 51 nitrogen and oxygen atoms in total. The summed E-state index contributed by atoms with van der Waals surface area (Å²) in [5, 5.41) is 76.8. The Morgan fingerprint density at radius 2 is 0.850 bits per heavy atom. The number of amides is 19. The highest BCUT2D eigenvalue weighted by Crippen LogP contribution is 2.26. The maximum Gasteiger partial charge on any atom is 0.326 e. The first-order valence-corrected chi connectivity index (χ1v) is 46.9. The number of primary amides is 2. The molecule has 4 aliphatic rings. The molecule has 4 saturated heterocycles. The number of aromatic nitrogens is 4. The van der Waals surface area contributed by atoms with Crippen LogP contribution in [0.1, 0.15) is 174 Å². The maximum absolute atomic E-state index is 14.8. The summed E-state index contributed by atoms with van der Waals surface area (Å²) in [6.07, 6.45) is 1.18. The molecule has 0 aliphatic carbocycles. The molecule has 18 atom stereocenters. The summed E-state index contributed by atoms with van der Waals surface area (Å²) in [6, 6.07) is -15.5. The fraction of sp³-hybridized carbons (Fsp3) is 0.602. The number of likely N-dealkylation sites (tertiary alicyclic amines) is 3. The Hall–Kier alpha value is -14.2. The van der Waals surface area contributed by atoms with Gasteiger partial charge in [0.15, 0.2) is 0 Å². The predicted molar refractivity (Wildman–Crippen MR) is 493 cm³/mol. The smallest absolute Gasteiger partial charge is 0.326 e. The molecule has 25 N–H and O–H groups in total. The molecule has 0 saturated carbocycles. The standard InChI is InChI=1S/C88H128N24O27S/c1-7-45(5)71(84(134)105-58(88(138)139)34-49-38-92-43-97-49)108-82(132)62-21-14-29-110(62)85(135)53(22-25-63(89)113)100-78(128)56(35-64(90)114)102-79(129)57(36-69(121)122)103-76(126)52(24-27-68(119)120)99-80(130)61-20-15-31-112(61)87(137)72(46(6)8-2)109-83(133)70(44(3)4)107-66(116)40-94-65(115)39-95-73(123)55(33-48-37-91-42-96-48)104-81(131)60-19-13-30-111(60)86(136)59(41-140)106-77(127)54(32-47-16-10-9-11-17-47)101-75(125)51(23-26-67(117)118)98-74(124)50-18-12-28-93-50/h9-11,16-17,37-38,42-46,50-62,70-72,93,140H,7-8,12-15,18-36,39-41H2,1-6H3,(H2,89,113)(H2,90,114)(H,91,96)(H,92,97)(H,94,115)(H,95,123)(H,98,124)(H,99,130)(H,100,128)(H,101,125)(H,102,129)(H,103,126)(H,104,131)(H,105,134)(H,106,127)(H,107,116)(H,108,132)(H,109,133)(H,117,118)(H,119,120)(H,121,122)(H,138,139)/t45-,46-,50-,51-,52-,53-,54-,55-,56-,57-,58-,59-,60-,61-,62-,70-,71-,72-/m0/s1. The number of carbonyl (C=O) groups is 23. The lowest BCUT2D eigenvalue weighted by atomic mass is 9.95. The van der Waals surface area contributed by atoms with E-state index in [0.717, 1.165) is 9.80 Å². The van der Waals surface area contributed by atoms with Gasteiger partial charge >= 0.3 is 23.9 Å². The fourth-order valence-corrected chi connectivity index (χ4v) is 16.5. The number of aliphatic carboxylic acids is 4. The van der Waals surface area contributed by atoms with E-state index in [1.165, 1.54) is 29.9 Å². The molecular formula is C88H128N24O27S. The van der Waals surface area contributed by atoms with Crippen molar-refractivity contribution in [3.05, 3.63) is 72.3 Å². The average molecular weight is 1990 g/mol. The van der Waals surface area contributed by atoms with Crippen LogP contribution < -0.4 is 91.2 Å². The van der Waals surface area contributed by atoms with Crippen LogP contribution in [-0.2, 0) is 130 Å². The Labute approximate surface area is 809 Å². The van der Waals surface area contributed by atoms with Gasteiger partial charge in [-0.25, -0.2) is 14.8 Å². The lowest BCUT2D eigenvalue weighted by molar-refractivity contribution is -0.144. The van der Waals surface area contributed by atoms with Crippen LogP contribution in [0.15, 0.2) is 55.4 Å². The summed E-state index contributed by atoms with van der Waals surface area (Å²) in [7, 11) is 0. The number of hydrogen-bond acceptors (Lipinski definition) is 27. The van der Waals surface area contributed by atoms with Crippen molar-refractivity contribution in [3.63, 3.8) is 0 Å². The van der Waals surface area contributed by atoms with E-state index in [4.69, 9.17) is 11.5 Å². The number of benzene rings is 1. The molecule has 52 heteroatoms. The molecule has 768 valence electrons. The molecule has 3 aromatic rings. The number of nitrogens with one attached hydrogen (secondary N) is 17. The third-order valence-corrected chi connectivity index (χ3v) is 24.8. The van der Waals surface area contributed by atoms with Gasteiger partial charge in [0.2, 0.25) is 112 Å². The molecule has 19 amide bonds. The third kappa shape index (κ3) is 34.7. The number of hydrogen-bond donors (Lipinski definition) is 24. The van der Waals surface area contributed by atoms with Gasteiger partial charge < -0.3 is 136 Å². The monoisotopic (exact) mass is 1980 g/mol. The molecule has 0 unspecified atom stereocenters. The minimum absolute atomic E-state index is 0.00353. The lowest BCUT2D eigenvalue weighted by Crippen LogP contribution is -2.61. The number of carboxylic acid groups (broad SMARTS) is 4. The number of nitrogens with two attached hydrogens (primary N) is 2. The number of H-pyrrole nitrogens is 2. The van der Waals surface area contributed by atoms with Gasteiger partial charge in [-0.2, -0.15) is 12.6 Å². The predicted octanol–water partition coefficient (Wildman–Crippen LogP) is -6.96. The van der Waals surface area contributed by atoms with Gasteiger partial charge in [0.25, 0.3) is 0 Å². The second-order valence-electron chi connectivity index (χ2n) is 35.2. The van der Waals surface area contributed by atoms with Crippen LogP contribution in [0, 0.1) is 17.8 Å². The van der Waals surface area contributed by atoms with Crippen molar-refractivity contribution in [1.82, 2.24) is 114 Å². The fourth-order valence-electron chi connectivity index (χ4n) is 16.3. The normalized spacial score (nSPS) is 18.5. The van der Waals surface area contributed by atoms with Gasteiger partial charge in [0, 0.05) is 87.7 Å². The molecule has 140 heavy (non-hydrogen) atoms. The molecule has 0 radical (unpaired) electrons. The quantitative estimate of drug-likeness (QED) is 0.0234. The van der Waals surface area contributed by atoms with E-state index in [1.807, 2.05) is 0 Å². The second kappa shape index (κ2) is 55.4. The van der Waals surface area contributed by atoms with Crippen LogP contribution in [0.2, 0.25) is 0 Å². The van der Waals surface area contributed by atoms with E-state index in [2.05, 4.69) is 112 Å². The molecule has 1 aromatic carbocycles. The molecule has 7 rings (SSSR count). The van der Waals surface area contributed by atoms with Crippen molar-refractivity contribution < 1.29 is 131 Å². The van der Waals surface area contributed by atoms with Crippen molar-refractivity contribution in [2.45, 2.75) is 273 Å². The Bertz CT molecular complexity index is 4910. The molecule has 2 aromatic heterocycles. The third-order valence-electron chi connectivity index (χ3n) is 24.4. The highest BCUT2D eigenvalue weighted by atomic mass is 32.1. The van der Waals surface area contributed by atoms with Crippen LogP contribution >= 0.6 is 12.6 Å². The summed E-state index contributed by atoms with van der Waals surface area (Å²) < 4.78 is 0. The van der Waals surface area contributed by atoms with Gasteiger partial charge in [-0.3, -0.25) is 105 Å². The Morgan fingerprint density at radius 3 is 1.33 bits per heavy atom. The van der Waals surface area contributed by atoms with Gasteiger partial charge in [-0.05, 0) is 100 Å². The molecule has 4 fully saturated rings. The SMILES string of the molecule is CC[C@H](C)[C@H](NC(=O)[C@@H]1CCCN1C(=O)[C@H](CCC(N)=O)NC(=O)[C@H](CC(N)=O)NC(=O)[C@H](CC(=O)O)NC(=O)[C@H](CCC(=O)O)NC(=O)[C@@H]1CCCN1C(=O)[C@@H](NC(=O)[C@@H](NC(=O)CNC(=O)CNC(=O)[C@H](Cc1cnc[nH]1)NC(=O)[C@@H]1CCCN1C(=O)[C@H](CS)NC(=O)[C@H](Cc1ccccc1)NC(=O)[C@H](CCC(=O)O)NC(=O)[C@@H]1CCCN1)C(C)C)[C@@H](C)CC)C(=O)N[C@@H](Cc1cnc[nH]1)C(=O)O.